The highest BCUT2D eigenvalue weighted by Crippen LogP contribution is 2.40. The Balaban J connectivity index is 1.39. The van der Waals surface area contributed by atoms with E-state index in [1.165, 1.54) is 0 Å². The molecular formula is C18H21N3O2S. The molecule has 2 fully saturated rings. The molecule has 3 atom stereocenters. The van der Waals surface area contributed by atoms with Crippen molar-refractivity contribution in [3.8, 4) is 0 Å². The summed E-state index contributed by atoms with van der Waals surface area (Å²) in [4.78, 5) is 23.1. The van der Waals surface area contributed by atoms with E-state index in [4.69, 9.17) is 4.74 Å². The van der Waals surface area contributed by atoms with Crippen LogP contribution >= 0.6 is 11.3 Å². The van der Waals surface area contributed by atoms with Crippen molar-refractivity contribution in [2.75, 3.05) is 13.1 Å². The van der Waals surface area contributed by atoms with Gasteiger partial charge in [0.2, 0.25) is 5.91 Å². The SMILES string of the molecule is Cc1nccc([C@@H]2C[C@H]3CCN(C(=O)Cc4ccsc4)C[C@@H]3O2)n1. The first kappa shape index (κ1) is 15.7. The maximum absolute atomic E-state index is 12.5. The van der Waals surface area contributed by atoms with Gasteiger partial charge >= 0.3 is 0 Å². The first-order valence-electron chi connectivity index (χ1n) is 8.43. The number of aryl methyl sites for hydroxylation is 1. The van der Waals surface area contributed by atoms with Gasteiger partial charge in [-0.3, -0.25) is 4.79 Å². The second-order valence-corrected chi connectivity index (χ2v) is 7.40. The molecular weight excluding hydrogens is 322 g/mol. The number of rotatable bonds is 3. The highest BCUT2D eigenvalue weighted by atomic mass is 32.1. The number of hydrogen-bond acceptors (Lipinski definition) is 5. The van der Waals surface area contributed by atoms with E-state index >= 15 is 0 Å². The Hall–Kier alpha value is -1.79. The average molecular weight is 343 g/mol. The summed E-state index contributed by atoms with van der Waals surface area (Å²) < 4.78 is 6.24. The number of hydrogen-bond donors (Lipinski definition) is 0. The smallest absolute Gasteiger partial charge is 0.227 e. The molecule has 0 unspecified atom stereocenters. The molecule has 2 aliphatic heterocycles. The molecule has 126 valence electrons. The third-order valence-corrected chi connectivity index (χ3v) is 5.70. The van der Waals surface area contributed by atoms with Gasteiger partial charge in [0.15, 0.2) is 0 Å². The molecule has 0 radical (unpaired) electrons. The maximum Gasteiger partial charge on any atom is 0.227 e. The zero-order chi connectivity index (χ0) is 16.5. The van der Waals surface area contributed by atoms with Crippen LogP contribution in [0.1, 0.15) is 36.0 Å². The topological polar surface area (TPSA) is 55.3 Å². The van der Waals surface area contributed by atoms with Crippen LogP contribution in [0.25, 0.3) is 0 Å². The van der Waals surface area contributed by atoms with Crippen LogP contribution in [0.4, 0.5) is 0 Å². The van der Waals surface area contributed by atoms with Gasteiger partial charge in [-0.25, -0.2) is 9.97 Å². The maximum atomic E-state index is 12.5. The largest absolute Gasteiger partial charge is 0.367 e. The third kappa shape index (κ3) is 3.21. The van der Waals surface area contributed by atoms with E-state index in [-0.39, 0.29) is 18.1 Å². The number of aromatic nitrogens is 2. The summed E-state index contributed by atoms with van der Waals surface area (Å²) >= 11 is 1.64. The number of thiophene rings is 1. The highest BCUT2D eigenvalue weighted by Gasteiger charge is 2.41. The summed E-state index contributed by atoms with van der Waals surface area (Å²) in [7, 11) is 0. The van der Waals surface area contributed by atoms with E-state index < -0.39 is 0 Å². The van der Waals surface area contributed by atoms with Crippen LogP contribution < -0.4 is 0 Å². The van der Waals surface area contributed by atoms with Gasteiger partial charge in [0, 0.05) is 19.3 Å². The van der Waals surface area contributed by atoms with Crippen LogP contribution in [-0.2, 0) is 16.0 Å². The molecule has 4 heterocycles. The Bertz CT molecular complexity index is 719. The normalized spacial score (nSPS) is 26.4. The molecule has 0 bridgehead atoms. The molecule has 0 saturated carbocycles. The molecule has 2 aromatic heterocycles. The Morgan fingerprint density at radius 2 is 2.38 bits per heavy atom. The van der Waals surface area contributed by atoms with E-state index in [0.29, 0.717) is 18.9 Å². The zero-order valence-electron chi connectivity index (χ0n) is 13.7. The Morgan fingerprint density at radius 3 is 3.17 bits per heavy atom. The molecule has 2 aromatic rings. The minimum absolute atomic E-state index is 0.0358. The third-order valence-electron chi connectivity index (χ3n) is 4.97. The monoisotopic (exact) mass is 343 g/mol. The van der Waals surface area contributed by atoms with Crippen molar-refractivity contribution in [1.82, 2.24) is 14.9 Å². The quantitative estimate of drug-likeness (QED) is 0.860. The van der Waals surface area contributed by atoms with Gasteiger partial charge in [-0.1, -0.05) is 0 Å². The van der Waals surface area contributed by atoms with Crippen molar-refractivity contribution in [1.29, 1.82) is 0 Å². The highest BCUT2D eigenvalue weighted by molar-refractivity contribution is 7.07. The van der Waals surface area contributed by atoms with E-state index in [1.54, 1.807) is 17.5 Å². The lowest BCUT2D eigenvalue weighted by molar-refractivity contribution is -0.134. The summed E-state index contributed by atoms with van der Waals surface area (Å²) in [5.74, 6) is 1.51. The average Bonchev–Trinajstić information content (AvgIpc) is 3.23. The molecule has 1 amide bonds. The molecule has 4 rings (SSSR count). The van der Waals surface area contributed by atoms with E-state index in [2.05, 4.69) is 9.97 Å². The summed E-state index contributed by atoms with van der Waals surface area (Å²) in [5.41, 5.74) is 2.07. The van der Waals surface area contributed by atoms with Crippen LogP contribution in [-0.4, -0.2) is 40.0 Å². The lowest BCUT2D eigenvalue weighted by atomic mass is 9.91. The van der Waals surface area contributed by atoms with E-state index in [0.717, 1.165) is 36.5 Å². The second-order valence-electron chi connectivity index (χ2n) is 6.62. The predicted molar refractivity (Wildman–Crippen MR) is 91.7 cm³/mol. The lowest BCUT2D eigenvalue weighted by Crippen LogP contribution is -2.45. The van der Waals surface area contributed by atoms with Crippen LogP contribution in [0.15, 0.2) is 29.1 Å². The lowest BCUT2D eigenvalue weighted by Gasteiger charge is -2.34. The summed E-state index contributed by atoms with van der Waals surface area (Å²) in [6, 6.07) is 3.96. The van der Waals surface area contributed by atoms with Gasteiger partial charge in [-0.05, 0) is 54.1 Å². The molecule has 2 saturated heterocycles. The van der Waals surface area contributed by atoms with Crippen LogP contribution in [0.5, 0.6) is 0 Å². The van der Waals surface area contributed by atoms with Crippen molar-refractivity contribution < 1.29 is 9.53 Å². The fourth-order valence-corrected chi connectivity index (χ4v) is 4.35. The van der Waals surface area contributed by atoms with Gasteiger partial charge in [0.05, 0.1) is 18.2 Å². The van der Waals surface area contributed by atoms with E-state index in [1.807, 2.05) is 34.7 Å². The number of ether oxygens (including phenoxy) is 1. The molecule has 0 N–H and O–H groups in total. The first-order valence-corrected chi connectivity index (χ1v) is 9.37. The van der Waals surface area contributed by atoms with Crippen molar-refractivity contribution in [3.63, 3.8) is 0 Å². The number of piperidine rings is 1. The van der Waals surface area contributed by atoms with Crippen molar-refractivity contribution in [2.24, 2.45) is 5.92 Å². The fraction of sp³-hybridized carbons (Fsp3) is 0.500. The summed E-state index contributed by atoms with van der Waals surface area (Å²) in [5, 5.41) is 4.06. The Labute approximate surface area is 145 Å². The van der Waals surface area contributed by atoms with Gasteiger partial charge in [0.25, 0.3) is 0 Å². The zero-order valence-corrected chi connectivity index (χ0v) is 14.5. The van der Waals surface area contributed by atoms with Gasteiger partial charge < -0.3 is 9.64 Å². The molecule has 0 spiro atoms. The van der Waals surface area contributed by atoms with Crippen molar-refractivity contribution in [2.45, 2.75) is 38.4 Å². The fourth-order valence-electron chi connectivity index (χ4n) is 3.68. The molecule has 6 heteroatoms. The standard InChI is InChI=1S/C18H21N3O2S/c1-12-19-5-2-15(20-12)16-9-14-3-6-21(10-17(14)23-16)18(22)8-13-4-7-24-11-13/h2,4-5,7,11,14,16-17H,3,6,8-10H2,1H3/t14-,16+,17+/m1/s1. The van der Waals surface area contributed by atoms with Crippen molar-refractivity contribution in [3.05, 3.63) is 46.2 Å². The van der Waals surface area contributed by atoms with Crippen LogP contribution in [0.2, 0.25) is 0 Å². The molecule has 0 aliphatic carbocycles. The van der Waals surface area contributed by atoms with Crippen LogP contribution in [0.3, 0.4) is 0 Å². The Kier molecular flexibility index (Phi) is 4.33. The number of carbonyl (C=O) groups excluding carboxylic acids is 1. The number of likely N-dealkylation sites (tertiary alicyclic amines) is 1. The van der Waals surface area contributed by atoms with E-state index in [9.17, 15) is 4.79 Å². The minimum Gasteiger partial charge on any atom is -0.367 e. The Morgan fingerprint density at radius 1 is 1.46 bits per heavy atom. The molecule has 24 heavy (non-hydrogen) atoms. The van der Waals surface area contributed by atoms with Crippen LogP contribution in [0, 0.1) is 12.8 Å². The molecule has 2 aliphatic rings. The summed E-state index contributed by atoms with van der Waals surface area (Å²) in [6.07, 6.45) is 4.46. The number of nitrogens with zero attached hydrogens (tertiary/aromatic N) is 3. The number of amides is 1. The second kappa shape index (κ2) is 6.61. The summed E-state index contributed by atoms with van der Waals surface area (Å²) in [6.45, 7) is 3.44. The minimum atomic E-state index is 0.0358. The molecule has 0 aromatic carbocycles. The number of fused-ring (bicyclic) bond motifs is 1. The number of carbonyl (C=O) groups is 1. The van der Waals surface area contributed by atoms with Gasteiger partial charge in [-0.2, -0.15) is 11.3 Å². The predicted octanol–water partition coefficient (Wildman–Crippen LogP) is 2.77. The molecule has 5 nitrogen and oxygen atoms in total. The first-order chi connectivity index (χ1) is 11.7. The van der Waals surface area contributed by atoms with Crippen molar-refractivity contribution >= 4 is 17.2 Å². The van der Waals surface area contributed by atoms with Gasteiger partial charge in [0.1, 0.15) is 11.9 Å². The van der Waals surface area contributed by atoms with Gasteiger partial charge in [-0.15, -0.1) is 0 Å².